The van der Waals surface area contributed by atoms with Crippen molar-refractivity contribution in [2.75, 3.05) is 25.0 Å². The van der Waals surface area contributed by atoms with Gasteiger partial charge in [0.25, 0.3) is 0 Å². The molecule has 0 bridgehead atoms. The number of likely N-dealkylation sites (tertiary alicyclic amines) is 1. The van der Waals surface area contributed by atoms with Gasteiger partial charge in [-0.25, -0.2) is 14.8 Å². The number of carbonyl (C=O) groups is 3. The van der Waals surface area contributed by atoms with Gasteiger partial charge in [-0.3, -0.25) is 14.5 Å². The number of amides is 4. The molecule has 1 atom stereocenters. The van der Waals surface area contributed by atoms with E-state index in [1.165, 1.54) is 4.90 Å². The highest BCUT2D eigenvalue weighted by Gasteiger charge is 2.32. The first-order valence-electron chi connectivity index (χ1n) is 10.6. The van der Waals surface area contributed by atoms with Gasteiger partial charge in [-0.15, -0.1) is 0 Å². The van der Waals surface area contributed by atoms with Crippen molar-refractivity contribution < 1.29 is 14.4 Å². The number of hydrogen-bond acceptors (Lipinski definition) is 6. The Morgan fingerprint density at radius 3 is 2.68 bits per heavy atom. The van der Waals surface area contributed by atoms with Crippen LogP contribution in [0.1, 0.15) is 43.1 Å². The molecule has 2 aliphatic rings. The number of aromatic nitrogens is 2. The molecule has 4 rings (SSSR count). The normalized spacial score (nSPS) is 18.4. The molecule has 9 heteroatoms. The molecular weight excluding hydrogens is 396 g/mol. The van der Waals surface area contributed by atoms with Crippen molar-refractivity contribution in [2.45, 2.75) is 38.6 Å². The average Bonchev–Trinajstić information content (AvgIpc) is 3.36. The van der Waals surface area contributed by atoms with Crippen LogP contribution in [0.5, 0.6) is 0 Å². The fourth-order valence-corrected chi connectivity index (χ4v) is 4.04. The van der Waals surface area contributed by atoms with Crippen LogP contribution >= 0.6 is 0 Å². The van der Waals surface area contributed by atoms with Gasteiger partial charge in [0.05, 0.1) is 18.3 Å². The van der Waals surface area contributed by atoms with Gasteiger partial charge in [0, 0.05) is 25.2 Å². The molecule has 0 aliphatic carbocycles. The molecule has 2 aromatic heterocycles. The highest BCUT2D eigenvalue weighted by molar-refractivity contribution is 6.01. The standard InChI is InChI=1S/C22H26N6O3/c1-15-6-2-9-18(24-15)26-19-10-3-7-16(25-19)17-8-4-12-27(17)20(29)11-5-13-28-21(30)14-23-22(28)31/h2-3,6-7,9-10,17H,4-5,8,11-14H2,1H3,(H,23,31)(H,24,25,26)/t17-/m0/s1. The number of aryl methyl sites for hydroxylation is 1. The molecule has 162 valence electrons. The first-order chi connectivity index (χ1) is 15.0. The van der Waals surface area contributed by atoms with Crippen molar-refractivity contribution in [3.05, 3.63) is 47.8 Å². The molecule has 4 heterocycles. The van der Waals surface area contributed by atoms with Crippen LogP contribution in [0, 0.1) is 6.92 Å². The number of anilines is 2. The SMILES string of the molecule is Cc1cccc(Nc2cccc([C@@H]3CCCN3C(=O)CCCN3C(=O)CNC3=O)n2)n1. The van der Waals surface area contributed by atoms with E-state index in [0.29, 0.717) is 25.2 Å². The third kappa shape index (κ3) is 4.82. The summed E-state index contributed by atoms with van der Waals surface area (Å²) in [6.07, 6.45) is 2.52. The van der Waals surface area contributed by atoms with Gasteiger partial charge in [-0.1, -0.05) is 12.1 Å². The number of carbonyl (C=O) groups excluding carboxylic acids is 3. The lowest BCUT2D eigenvalue weighted by atomic mass is 10.1. The zero-order valence-electron chi connectivity index (χ0n) is 17.5. The van der Waals surface area contributed by atoms with E-state index < -0.39 is 0 Å². The van der Waals surface area contributed by atoms with Gasteiger partial charge >= 0.3 is 6.03 Å². The van der Waals surface area contributed by atoms with Gasteiger partial charge in [-0.05, 0) is 50.5 Å². The van der Waals surface area contributed by atoms with Gasteiger partial charge < -0.3 is 15.5 Å². The summed E-state index contributed by atoms with van der Waals surface area (Å²) in [7, 11) is 0. The summed E-state index contributed by atoms with van der Waals surface area (Å²) >= 11 is 0. The minimum atomic E-state index is -0.381. The Labute approximate surface area is 180 Å². The summed E-state index contributed by atoms with van der Waals surface area (Å²) in [5.41, 5.74) is 1.76. The number of pyridine rings is 2. The molecule has 2 N–H and O–H groups in total. The fraction of sp³-hybridized carbons (Fsp3) is 0.409. The number of hydrogen-bond donors (Lipinski definition) is 2. The van der Waals surface area contributed by atoms with Gasteiger partial charge in [-0.2, -0.15) is 0 Å². The molecule has 9 nitrogen and oxygen atoms in total. The van der Waals surface area contributed by atoms with E-state index in [2.05, 4.69) is 15.6 Å². The maximum absolute atomic E-state index is 12.8. The van der Waals surface area contributed by atoms with E-state index in [4.69, 9.17) is 4.98 Å². The van der Waals surface area contributed by atoms with Gasteiger partial charge in [0.2, 0.25) is 11.8 Å². The van der Waals surface area contributed by atoms with E-state index in [9.17, 15) is 14.4 Å². The lowest BCUT2D eigenvalue weighted by Crippen LogP contribution is -2.34. The van der Waals surface area contributed by atoms with Crippen LogP contribution < -0.4 is 10.6 Å². The van der Waals surface area contributed by atoms with E-state index in [0.717, 1.165) is 30.0 Å². The smallest absolute Gasteiger partial charge is 0.324 e. The molecule has 0 spiro atoms. The molecule has 0 unspecified atom stereocenters. The molecule has 0 radical (unpaired) electrons. The summed E-state index contributed by atoms with van der Waals surface area (Å²) in [5, 5.41) is 5.72. The number of imide groups is 1. The second-order valence-electron chi connectivity index (χ2n) is 7.79. The molecule has 2 saturated heterocycles. The molecule has 2 aromatic rings. The van der Waals surface area contributed by atoms with Crippen LogP contribution in [-0.4, -0.2) is 57.2 Å². The zero-order valence-corrected chi connectivity index (χ0v) is 17.5. The number of nitrogens with zero attached hydrogens (tertiary/aromatic N) is 4. The Morgan fingerprint density at radius 1 is 1.16 bits per heavy atom. The average molecular weight is 422 g/mol. The van der Waals surface area contributed by atoms with E-state index >= 15 is 0 Å². The lowest BCUT2D eigenvalue weighted by Gasteiger charge is -2.25. The van der Waals surface area contributed by atoms with E-state index in [1.807, 2.05) is 48.2 Å². The molecule has 31 heavy (non-hydrogen) atoms. The quantitative estimate of drug-likeness (QED) is 0.664. The third-order valence-electron chi connectivity index (χ3n) is 5.54. The van der Waals surface area contributed by atoms with Crippen LogP contribution in [0.2, 0.25) is 0 Å². The Hall–Kier alpha value is -3.49. The Bertz CT molecular complexity index is 979. The predicted octanol–water partition coefficient (Wildman–Crippen LogP) is 2.52. The number of rotatable bonds is 7. The van der Waals surface area contributed by atoms with Crippen molar-refractivity contribution in [3.63, 3.8) is 0 Å². The Kier molecular flexibility index (Phi) is 6.11. The van der Waals surface area contributed by atoms with E-state index in [1.54, 1.807) is 0 Å². The summed E-state index contributed by atoms with van der Waals surface area (Å²) in [6.45, 7) is 2.92. The first-order valence-corrected chi connectivity index (χ1v) is 10.6. The second-order valence-corrected chi connectivity index (χ2v) is 7.79. The van der Waals surface area contributed by atoms with Crippen LogP contribution in [0.3, 0.4) is 0 Å². The maximum atomic E-state index is 12.8. The maximum Gasteiger partial charge on any atom is 0.324 e. The minimum Gasteiger partial charge on any atom is -0.334 e. The van der Waals surface area contributed by atoms with Gasteiger partial charge in [0.1, 0.15) is 11.6 Å². The fourth-order valence-electron chi connectivity index (χ4n) is 4.04. The summed E-state index contributed by atoms with van der Waals surface area (Å²) in [4.78, 5) is 48.3. The summed E-state index contributed by atoms with van der Waals surface area (Å²) in [6, 6.07) is 11.1. The van der Waals surface area contributed by atoms with Crippen LogP contribution in [0.25, 0.3) is 0 Å². The molecule has 0 aromatic carbocycles. The first kappa shape index (κ1) is 20.8. The molecule has 0 saturated carbocycles. The van der Waals surface area contributed by atoms with Crippen LogP contribution in [0.4, 0.5) is 16.4 Å². The monoisotopic (exact) mass is 422 g/mol. The molecular formula is C22H26N6O3. The molecule has 2 aliphatic heterocycles. The number of urea groups is 1. The zero-order chi connectivity index (χ0) is 21.8. The summed E-state index contributed by atoms with van der Waals surface area (Å²) < 4.78 is 0. The van der Waals surface area contributed by atoms with E-state index in [-0.39, 0.29) is 37.0 Å². The topological polar surface area (TPSA) is 108 Å². The van der Waals surface area contributed by atoms with Crippen molar-refractivity contribution in [2.24, 2.45) is 0 Å². The Balaban J connectivity index is 1.38. The van der Waals surface area contributed by atoms with Crippen molar-refractivity contribution in [1.82, 2.24) is 25.1 Å². The van der Waals surface area contributed by atoms with Crippen LogP contribution in [0.15, 0.2) is 36.4 Å². The van der Waals surface area contributed by atoms with Crippen molar-refractivity contribution >= 4 is 29.5 Å². The minimum absolute atomic E-state index is 0.0232. The van der Waals surface area contributed by atoms with Crippen molar-refractivity contribution in [3.8, 4) is 0 Å². The highest BCUT2D eigenvalue weighted by atomic mass is 16.2. The lowest BCUT2D eigenvalue weighted by molar-refractivity contribution is -0.133. The third-order valence-corrected chi connectivity index (χ3v) is 5.54. The van der Waals surface area contributed by atoms with Gasteiger partial charge in [0.15, 0.2) is 0 Å². The van der Waals surface area contributed by atoms with Crippen LogP contribution in [-0.2, 0) is 9.59 Å². The second kappa shape index (κ2) is 9.11. The molecule has 2 fully saturated rings. The molecule has 4 amide bonds. The largest absolute Gasteiger partial charge is 0.334 e. The number of nitrogens with one attached hydrogen (secondary N) is 2. The highest BCUT2D eigenvalue weighted by Crippen LogP contribution is 2.32. The predicted molar refractivity (Wildman–Crippen MR) is 115 cm³/mol. The Morgan fingerprint density at radius 2 is 1.94 bits per heavy atom. The summed E-state index contributed by atoms with van der Waals surface area (Å²) in [5.74, 6) is 1.20. The van der Waals surface area contributed by atoms with Crippen molar-refractivity contribution in [1.29, 1.82) is 0 Å².